The van der Waals surface area contributed by atoms with Crippen LogP contribution in [0.5, 0.6) is 0 Å². The maximum absolute atomic E-state index is 12.8. The van der Waals surface area contributed by atoms with Gasteiger partial charge in [-0.15, -0.1) is 0 Å². The summed E-state index contributed by atoms with van der Waals surface area (Å²) in [6, 6.07) is 6.35. The monoisotopic (exact) mass is 277 g/mol. The van der Waals surface area contributed by atoms with Crippen molar-refractivity contribution >= 4 is 0 Å². The molecule has 0 spiro atoms. The fraction of sp³-hybridized carbons (Fsp3) is 0.467. The average molecular weight is 277 g/mol. The fourth-order valence-corrected chi connectivity index (χ4v) is 2.02. The van der Waals surface area contributed by atoms with Crippen LogP contribution in [0.15, 0.2) is 28.8 Å². The van der Waals surface area contributed by atoms with E-state index in [4.69, 9.17) is 10.3 Å². The summed E-state index contributed by atoms with van der Waals surface area (Å²) in [6.45, 7) is 0.752. The molecule has 20 heavy (non-hydrogen) atoms. The Labute approximate surface area is 118 Å². The highest BCUT2D eigenvalue weighted by atomic mass is 19.1. The molecule has 2 rings (SSSR count). The zero-order valence-electron chi connectivity index (χ0n) is 11.5. The SMILES string of the molecule is NCCCCCCc1nc(Cc2ccc(F)cc2)no1. The molecule has 4 nitrogen and oxygen atoms in total. The molecule has 0 fully saturated rings. The Morgan fingerprint density at radius 1 is 1.05 bits per heavy atom. The van der Waals surface area contributed by atoms with E-state index in [0.717, 1.165) is 44.2 Å². The maximum atomic E-state index is 12.8. The molecule has 1 aromatic carbocycles. The quantitative estimate of drug-likeness (QED) is 0.753. The van der Waals surface area contributed by atoms with E-state index in [0.29, 0.717) is 18.1 Å². The van der Waals surface area contributed by atoms with E-state index in [2.05, 4.69) is 10.1 Å². The number of halogens is 1. The van der Waals surface area contributed by atoms with Crippen LogP contribution in [0.3, 0.4) is 0 Å². The molecule has 0 saturated carbocycles. The zero-order valence-corrected chi connectivity index (χ0v) is 11.5. The molecule has 0 aliphatic rings. The van der Waals surface area contributed by atoms with E-state index >= 15 is 0 Å². The van der Waals surface area contributed by atoms with Crippen molar-refractivity contribution < 1.29 is 8.91 Å². The van der Waals surface area contributed by atoms with Crippen LogP contribution in [0.25, 0.3) is 0 Å². The van der Waals surface area contributed by atoms with Crippen molar-refractivity contribution in [1.82, 2.24) is 10.1 Å². The van der Waals surface area contributed by atoms with Crippen LogP contribution in [0.1, 0.15) is 43.0 Å². The third-order valence-corrected chi connectivity index (χ3v) is 3.13. The van der Waals surface area contributed by atoms with Crippen LogP contribution in [-0.4, -0.2) is 16.7 Å². The number of nitrogens with two attached hydrogens (primary N) is 1. The predicted octanol–water partition coefficient (Wildman–Crippen LogP) is 2.86. The first-order valence-corrected chi connectivity index (χ1v) is 7.04. The molecular weight excluding hydrogens is 257 g/mol. The van der Waals surface area contributed by atoms with E-state index in [1.165, 1.54) is 12.1 Å². The highest BCUT2D eigenvalue weighted by Gasteiger charge is 2.07. The van der Waals surface area contributed by atoms with Crippen LogP contribution < -0.4 is 5.73 Å². The van der Waals surface area contributed by atoms with Crippen LogP contribution >= 0.6 is 0 Å². The lowest BCUT2D eigenvalue weighted by Gasteiger charge is -1.96. The summed E-state index contributed by atoms with van der Waals surface area (Å²) in [5.74, 6) is 1.09. The van der Waals surface area contributed by atoms with Gasteiger partial charge in [0.05, 0.1) is 0 Å². The van der Waals surface area contributed by atoms with Crippen molar-refractivity contribution in [3.05, 3.63) is 47.4 Å². The van der Waals surface area contributed by atoms with Gasteiger partial charge in [-0.05, 0) is 37.1 Å². The molecule has 5 heteroatoms. The van der Waals surface area contributed by atoms with Crippen molar-refractivity contribution in [2.24, 2.45) is 5.73 Å². The van der Waals surface area contributed by atoms with Crippen LogP contribution in [-0.2, 0) is 12.8 Å². The normalized spacial score (nSPS) is 10.9. The Morgan fingerprint density at radius 3 is 2.55 bits per heavy atom. The molecule has 1 aromatic heterocycles. The first kappa shape index (κ1) is 14.7. The van der Waals surface area contributed by atoms with Gasteiger partial charge in [-0.25, -0.2) is 4.39 Å². The van der Waals surface area contributed by atoms with Gasteiger partial charge >= 0.3 is 0 Å². The van der Waals surface area contributed by atoms with Gasteiger partial charge in [0.25, 0.3) is 0 Å². The van der Waals surface area contributed by atoms with Crippen molar-refractivity contribution in [2.75, 3.05) is 6.54 Å². The number of nitrogens with zero attached hydrogens (tertiary/aromatic N) is 2. The standard InChI is InChI=1S/C15H20FN3O/c16-13-8-6-12(7-9-13)11-14-18-15(20-19-14)5-3-1-2-4-10-17/h6-9H,1-5,10-11,17H2. The van der Waals surface area contributed by atoms with Crippen LogP contribution in [0.2, 0.25) is 0 Å². The molecule has 0 aliphatic heterocycles. The number of unbranched alkanes of at least 4 members (excludes halogenated alkanes) is 3. The van der Waals surface area contributed by atoms with Gasteiger partial charge in [-0.1, -0.05) is 30.1 Å². The topological polar surface area (TPSA) is 64.9 Å². The molecule has 0 radical (unpaired) electrons. The first-order valence-electron chi connectivity index (χ1n) is 7.04. The second kappa shape index (κ2) is 7.75. The van der Waals surface area contributed by atoms with Gasteiger partial charge in [0.1, 0.15) is 5.82 Å². The smallest absolute Gasteiger partial charge is 0.226 e. The second-order valence-corrected chi connectivity index (χ2v) is 4.86. The third-order valence-electron chi connectivity index (χ3n) is 3.13. The molecule has 0 atom stereocenters. The van der Waals surface area contributed by atoms with Gasteiger partial charge in [-0.2, -0.15) is 4.98 Å². The number of hydrogen-bond donors (Lipinski definition) is 1. The minimum atomic E-state index is -0.236. The Morgan fingerprint density at radius 2 is 1.80 bits per heavy atom. The van der Waals surface area contributed by atoms with Crippen molar-refractivity contribution in [1.29, 1.82) is 0 Å². The van der Waals surface area contributed by atoms with E-state index in [9.17, 15) is 4.39 Å². The lowest BCUT2D eigenvalue weighted by Crippen LogP contribution is -1.98. The fourth-order valence-electron chi connectivity index (χ4n) is 2.02. The number of hydrogen-bond acceptors (Lipinski definition) is 4. The summed E-state index contributed by atoms with van der Waals surface area (Å²) < 4.78 is 18.0. The molecule has 0 saturated heterocycles. The predicted molar refractivity (Wildman–Crippen MR) is 74.7 cm³/mol. The van der Waals surface area contributed by atoms with Crippen molar-refractivity contribution in [2.45, 2.75) is 38.5 Å². The Hall–Kier alpha value is -1.75. The van der Waals surface area contributed by atoms with Gasteiger partial charge in [0.15, 0.2) is 5.82 Å². The highest BCUT2D eigenvalue weighted by Crippen LogP contribution is 2.10. The summed E-state index contributed by atoms with van der Waals surface area (Å²) >= 11 is 0. The Kier molecular flexibility index (Phi) is 5.68. The number of rotatable bonds is 8. The van der Waals surface area contributed by atoms with Gasteiger partial charge in [-0.3, -0.25) is 0 Å². The molecule has 108 valence electrons. The van der Waals surface area contributed by atoms with E-state index in [1.807, 2.05) is 0 Å². The van der Waals surface area contributed by atoms with Gasteiger partial charge < -0.3 is 10.3 Å². The van der Waals surface area contributed by atoms with E-state index in [-0.39, 0.29) is 5.82 Å². The molecule has 1 heterocycles. The lowest BCUT2D eigenvalue weighted by molar-refractivity contribution is 0.369. The first-order chi connectivity index (χ1) is 9.78. The van der Waals surface area contributed by atoms with Crippen LogP contribution in [0, 0.1) is 5.82 Å². The maximum Gasteiger partial charge on any atom is 0.226 e. The number of aryl methyl sites for hydroxylation is 1. The van der Waals surface area contributed by atoms with Crippen molar-refractivity contribution in [3.63, 3.8) is 0 Å². The molecule has 0 aliphatic carbocycles. The minimum absolute atomic E-state index is 0.236. The zero-order chi connectivity index (χ0) is 14.2. The summed E-state index contributed by atoms with van der Waals surface area (Å²) in [6.07, 6.45) is 5.76. The molecule has 2 N–H and O–H groups in total. The number of aromatic nitrogens is 2. The van der Waals surface area contributed by atoms with Crippen molar-refractivity contribution in [3.8, 4) is 0 Å². The van der Waals surface area contributed by atoms with Gasteiger partial charge in [0.2, 0.25) is 5.89 Å². The lowest BCUT2D eigenvalue weighted by atomic mass is 10.1. The van der Waals surface area contributed by atoms with E-state index < -0.39 is 0 Å². The molecule has 0 amide bonds. The Bertz CT molecular complexity index is 510. The van der Waals surface area contributed by atoms with E-state index in [1.54, 1.807) is 12.1 Å². The largest absolute Gasteiger partial charge is 0.339 e. The molecular formula is C15H20FN3O. The second-order valence-electron chi connectivity index (χ2n) is 4.86. The molecule has 0 bridgehead atoms. The summed E-state index contributed by atoms with van der Waals surface area (Å²) in [5.41, 5.74) is 6.42. The number of benzene rings is 1. The van der Waals surface area contributed by atoms with Gasteiger partial charge in [0, 0.05) is 12.8 Å². The summed E-state index contributed by atoms with van der Waals surface area (Å²) in [5, 5.41) is 3.95. The minimum Gasteiger partial charge on any atom is -0.339 e. The third kappa shape index (κ3) is 4.74. The van der Waals surface area contributed by atoms with Crippen LogP contribution in [0.4, 0.5) is 4.39 Å². The Balaban J connectivity index is 1.78. The molecule has 0 unspecified atom stereocenters. The molecule has 2 aromatic rings. The summed E-state index contributed by atoms with van der Waals surface area (Å²) in [7, 11) is 0. The average Bonchev–Trinajstić information content (AvgIpc) is 2.89. The highest BCUT2D eigenvalue weighted by molar-refractivity contribution is 5.19. The summed E-state index contributed by atoms with van der Waals surface area (Å²) in [4.78, 5) is 4.35.